The fourth-order valence-corrected chi connectivity index (χ4v) is 3.16. The molecule has 0 spiro atoms. The third-order valence-electron chi connectivity index (χ3n) is 3.43. The zero-order valence-electron chi connectivity index (χ0n) is 10.6. The minimum atomic E-state index is 0.246. The van der Waals surface area contributed by atoms with Gasteiger partial charge in [0.1, 0.15) is 5.52 Å². The lowest BCUT2D eigenvalue weighted by atomic mass is 10.3. The highest BCUT2D eigenvalue weighted by Gasteiger charge is 2.32. The number of fused-ring (bicyclic) bond motifs is 1. The summed E-state index contributed by atoms with van der Waals surface area (Å²) < 4.78 is 0. The van der Waals surface area contributed by atoms with Crippen LogP contribution in [0.25, 0.3) is 11.2 Å². The maximum atomic E-state index is 6.03. The Hall–Kier alpha value is -1.66. The molecule has 1 aliphatic carbocycles. The zero-order valence-corrected chi connectivity index (χ0v) is 12.2. The molecule has 1 saturated carbocycles. The van der Waals surface area contributed by atoms with Crippen molar-refractivity contribution >= 4 is 39.9 Å². The van der Waals surface area contributed by atoms with Crippen LogP contribution in [0.5, 0.6) is 0 Å². The van der Waals surface area contributed by atoms with Gasteiger partial charge in [-0.25, -0.2) is 4.98 Å². The highest BCUT2D eigenvalue weighted by Crippen LogP contribution is 2.35. The normalized spacial score (nSPS) is 14.8. The van der Waals surface area contributed by atoms with E-state index < -0.39 is 0 Å². The van der Waals surface area contributed by atoms with Gasteiger partial charge in [0.05, 0.1) is 6.33 Å². The van der Waals surface area contributed by atoms with E-state index in [1.807, 2.05) is 0 Å². The largest absolute Gasteiger partial charge is 0.347 e. The Kier molecular flexibility index (Phi) is 2.85. The van der Waals surface area contributed by atoms with Gasteiger partial charge >= 0.3 is 0 Å². The molecule has 4 rings (SSSR count). The summed E-state index contributed by atoms with van der Waals surface area (Å²) in [6.45, 7) is 0.843. The van der Waals surface area contributed by atoms with Crippen LogP contribution < -0.4 is 4.90 Å². The first-order chi connectivity index (χ1) is 9.81. The second kappa shape index (κ2) is 4.71. The number of nitrogens with zero attached hydrogens (tertiary/aromatic N) is 4. The molecule has 3 aromatic rings. The Morgan fingerprint density at radius 2 is 2.30 bits per heavy atom. The highest BCUT2D eigenvalue weighted by molar-refractivity contribution is 7.07. The molecule has 0 atom stereocenters. The smallest absolute Gasteiger partial charge is 0.226 e. The maximum absolute atomic E-state index is 6.03. The summed E-state index contributed by atoms with van der Waals surface area (Å²) in [7, 11) is 0. The van der Waals surface area contributed by atoms with Crippen molar-refractivity contribution in [2.45, 2.75) is 25.4 Å². The second-order valence-corrected chi connectivity index (χ2v) is 6.03. The van der Waals surface area contributed by atoms with Gasteiger partial charge in [-0.3, -0.25) is 0 Å². The van der Waals surface area contributed by atoms with Gasteiger partial charge < -0.3 is 9.88 Å². The number of aromatic amines is 1. The van der Waals surface area contributed by atoms with Crippen LogP contribution in [0.4, 0.5) is 5.82 Å². The monoisotopic (exact) mass is 305 g/mol. The molecule has 5 nitrogen and oxygen atoms in total. The van der Waals surface area contributed by atoms with E-state index in [0.717, 1.165) is 17.9 Å². The molecule has 0 amide bonds. The van der Waals surface area contributed by atoms with Crippen LogP contribution in [-0.2, 0) is 6.54 Å². The van der Waals surface area contributed by atoms with Crippen LogP contribution >= 0.6 is 22.9 Å². The molecule has 0 aliphatic heterocycles. The quantitative estimate of drug-likeness (QED) is 0.752. The van der Waals surface area contributed by atoms with E-state index in [1.165, 1.54) is 18.4 Å². The number of imidazole rings is 1. The Bertz CT molecular complexity index is 734. The number of halogens is 1. The highest BCUT2D eigenvalue weighted by atomic mass is 35.5. The van der Waals surface area contributed by atoms with Crippen molar-refractivity contribution in [3.05, 3.63) is 34.0 Å². The number of hydrogen-bond acceptors (Lipinski definition) is 5. The number of thiophene rings is 1. The van der Waals surface area contributed by atoms with Crippen molar-refractivity contribution < 1.29 is 0 Å². The summed E-state index contributed by atoms with van der Waals surface area (Å²) in [5, 5.41) is 4.51. The van der Waals surface area contributed by atoms with Crippen LogP contribution in [0.1, 0.15) is 18.4 Å². The van der Waals surface area contributed by atoms with Crippen LogP contribution in [0.15, 0.2) is 23.2 Å². The Morgan fingerprint density at radius 3 is 3.05 bits per heavy atom. The van der Waals surface area contributed by atoms with E-state index in [0.29, 0.717) is 11.7 Å². The summed E-state index contributed by atoms with van der Waals surface area (Å²) in [5.74, 6) is 0.853. The van der Waals surface area contributed by atoms with Crippen molar-refractivity contribution in [1.29, 1.82) is 0 Å². The van der Waals surface area contributed by atoms with E-state index in [2.05, 4.69) is 41.7 Å². The van der Waals surface area contributed by atoms with Crippen LogP contribution in [0.2, 0.25) is 5.28 Å². The van der Waals surface area contributed by atoms with Gasteiger partial charge in [0, 0.05) is 12.6 Å². The number of hydrogen-bond donors (Lipinski definition) is 1. The second-order valence-electron chi connectivity index (χ2n) is 4.91. The van der Waals surface area contributed by atoms with Crippen molar-refractivity contribution in [2.24, 2.45) is 0 Å². The maximum Gasteiger partial charge on any atom is 0.226 e. The lowest BCUT2D eigenvalue weighted by Crippen LogP contribution is -2.26. The van der Waals surface area contributed by atoms with Crippen molar-refractivity contribution in [3.8, 4) is 0 Å². The van der Waals surface area contributed by atoms with Crippen LogP contribution in [0, 0.1) is 0 Å². The Balaban J connectivity index is 1.79. The molecular weight excluding hydrogens is 294 g/mol. The van der Waals surface area contributed by atoms with Crippen molar-refractivity contribution in [3.63, 3.8) is 0 Å². The molecule has 0 bridgehead atoms. The SMILES string of the molecule is Clc1nc(N(Cc2ccsc2)C2CC2)c2[nH]cnc2n1. The van der Waals surface area contributed by atoms with E-state index in [4.69, 9.17) is 11.6 Å². The number of anilines is 1. The number of H-pyrrole nitrogens is 1. The predicted molar refractivity (Wildman–Crippen MR) is 80.2 cm³/mol. The standard InChI is InChI=1S/C13H12ClN5S/c14-13-17-11-10(15-7-16-11)12(18-13)19(9-1-2-9)5-8-3-4-20-6-8/h3-4,6-7,9H,1-2,5H2,(H,15,16,17,18). The third kappa shape index (κ3) is 2.14. The first-order valence-electron chi connectivity index (χ1n) is 6.45. The van der Waals surface area contributed by atoms with Gasteiger partial charge in [0.2, 0.25) is 5.28 Å². The van der Waals surface area contributed by atoms with Crippen molar-refractivity contribution in [1.82, 2.24) is 19.9 Å². The van der Waals surface area contributed by atoms with E-state index in [1.54, 1.807) is 17.7 Å². The van der Waals surface area contributed by atoms with E-state index >= 15 is 0 Å². The van der Waals surface area contributed by atoms with Gasteiger partial charge in [0.15, 0.2) is 11.5 Å². The average Bonchev–Trinajstić information content (AvgIpc) is 2.96. The number of nitrogens with one attached hydrogen (secondary N) is 1. The Labute approximate surface area is 124 Å². The molecule has 1 fully saturated rings. The molecule has 20 heavy (non-hydrogen) atoms. The third-order valence-corrected chi connectivity index (χ3v) is 4.33. The first kappa shape index (κ1) is 12.1. The van der Waals surface area contributed by atoms with E-state index in [9.17, 15) is 0 Å². The molecule has 0 saturated heterocycles. The lowest BCUT2D eigenvalue weighted by molar-refractivity contribution is 0.782. The molecule has 102 valence electrons. The van der Waals surface area contributed by atoms with Crippen molar-refractivity contribution in [2.75, 3.05) is 4.90 Å². The summed E-state index contributed by atoms with van der Waals surface area (Å²) >= 11 is 7.74. The van der Waals surface area contributed by atoms with Gasteiger partial charge in [-0.15, -0.1) is 0 Å². The molecule has 0 radical (unpaired) electrons. The molecule has 1 N–H and O–H groups in total. The minimum Gasteiger partial charge on any atom is -0.347 e. The summed E-state index contributed by atoms with van der Waals surface area (Å²) in [6.07, 6.45) is 4.03. The van der Waals surface area contributed by atoms with Gasteiger partial charge in [-0.05, 0) is 46.8 Å². The molecule has 3 heterocycles. The zero-order chi connectivity index (χ0) is 13.5. The summed E-state index contributed by atoms with van der Waals surface area (Å²) in [6, 6.07) is 2.68. The topological polar surface area (TPSA) is 57.7 Å². The van der Waals surface area contributed by atoms with Gasteiger partial charge in [-0.1, -0.05) is 0 Å². The molecule has 7 heteroatoms. The fraction of sp³-hybridized carbons (Fsp3) is 0.308. The van der Waals surface area contributed by atoms with E-state index in [-0.39, 0.29) is 5.28 Å². The van der Waals surface area contributed by atoms with Gasteiger partial charge in [-0.2, -0.15) is 21.3 Å². The summed E-state index contributed by atoms with van der Waals surface area (Å²) in [5.41, 5.74) is 2.77. The molecule has 0 unspecified atom stereocenters. The minimum absolute atomic E-state index is 0.246. The summed E-state index contributed by atoms with van der Waals surface area (Å²) in [4.78, 5) is 18.2. The van der Waals surface area contributed by atoms with Crippen LogP contribution in [0.3, 0.4) is 0 Å². The molecule has 0 aromatic carbocycles. The Morgan fingerprint density at radius 1 is 1.40 bits per heavy atom. The average molecular weight is 306 g/mol. The number of aromatic nitrogens is 4. The lowest BCUT2D eigenvalue weighted by Gasteiger charge is -2.23. The molecule has 3 aromatic heterocycles. The predicted octanol–water partition coefficient (Wildman–Crippen LogP) is 3.24. The molecular formula is C13H12ClN5S. The first-order valence-corrected chi connectivity index (χ1v) is 7.77. The fourth-order valence-electron chi connectivity index (χ4n) is 2.34. The van der Waals surface area contributed by atoms with Gasteiger partial charge in [0.25, 0.3) is 0 Å². The molecule has 1 aliphatic rings. The number of rotatable bonds is 4. The van der Waals surface area contributed by atoms with Crippen LogP contribution in [-0.4, -0.2) is 26.0 Å².